The van der Waals surface area contributed by atoms with E-state index in [4.69, 9.17) is 11.6 Å². The molecule has 2 aliphatic heterocycles. The van der Waals surface area contributed by atoms with E-state index in [0.29, 0.717) is 12.2 Å². The maximum atomic E-state index is 13.5. The van der Waals surface area contributed by atoms with Crippen molar-refractivity contribution >= 4 is 23.5 Å². The molecule has 3 nitrogen and oxygen atoms in total. The molecule has 112 valence electrons. The molecule has 21 heavy (non-hydrogen) atoms. The topological polar surface area (TPSA) is 18.8 Å². The minimum absolute atomic E-state index is 0.144. The van der Waals surface area contributed by atoms with E-state index in [0.717, 1.165) is 17.5 Å². The van der Waals surface area contributed by atoms with Gasteiger partial charge in [-0.15, -0.1) is 0 Å². The smallest absolute Gasteiger partial charge is 0.198 e. The molecule has 1 aromatic carbocycles. The number of hydrogen-bond donors (Lipinski definition) is 0. The van der Waals surface area contributed by atoms with E-state index in [9.17, 15) is 8.78 Å². The summed E-state index contributed by atoms with van der Waals surface area (Å²) in [7, 11) is 1.85. The van der Waals surface area contributed by atoms with Crippen molar-refractivity contribution < 1.29 is 8.78 Å². The summed E-state index contributed by atoms with van der Waals surface area (Å²) in [6, 6.07) is 3.93. The number of anilines is 1. The molecule has 3 rings (SSSR count). The third-order valence-corrected chi connectivity index (χ3v) is 4.38. The van der Waals surface area contributed by atoms with Gasteiger partial charge in [0.2, 0.25) is 0 Å². The second kappa shape index (κ2) is 4.70. The monoisotopic (exact) mass is 311 g/mol. The molecule has 0 fully saturated rings. The first kappa shape index (κ1) is 14.3. The summed E-state index contributed by atoms with van der Waals surface area (Å²) in [6.45, 7) is 4.84. The van der Waals surface area contributed by atoms with Gasteiger partial charge in [-0.2, -0.15) is 0 Å². The molecule has 0 aromatic heterocycles. The van der Waals surface area contributed by atoms with Crippen molar-refractivity contribution in [1.82, 2.24) is 4.90 Å². The molecule has 0 radical (unpaired) electrons. The second-order valence-electron chi connectivity index (χ2n) is 6.01. The predicted octanol–water partition coefficient (Wildman–Crippen LogP) is 3.56. The Kier molecular flexibility index (Phi) is 3.20. The van der Waals surface area contributed by atoms with Gasteiger partial charge in [0.05, 0.1) is 0 Å². The zero-order valence-electron chi connectivity index (χ0n) is 12.1. The molecule has 0 amide bonds. The lowest BCUT2D eigenvalue weighted by atomic mass is 9.87. The van der Waals surface area contributed by atoms with Crippen LogP contribution in [0.25, 0.3) is 0 Å². The fourth-order valence-electron chi connectivity index (χ4n) is 2.82. The van der Waals surface area contributed by atoms with E-state index in [1.165, 1.54) is 6.07 Å². The molecule has 0 spiro atoms. The van der Waals surface area contributed by atoms with Crippen LogP contribution in [0.5, 0.6) is 0 Å². The Balaban J connectivity index is 2.09. The molecule has 1 aromatic rings. The van der Waals surface area contributed by atoms with Crippen LogP contribution in [0.1, 0.15) is 13.8 Å². The van der Waals surface area contributed by atoms with Gasteiger partial charge in [-0.25, -0.2) is 8.78 Å². The van der Waals surface area contributed by atoms with E-state index in [1.807, 2.05) is 16.8 Å². The highest BCUT2D eigenvalue weighted by atomic mass is 35.5. The van der Waals surface area contributed by atoms with Gasteiger partial charge in [-0.3, -0.25) is 4.99 Å². The summed E-state index contributed by atoms with van der Waals surface area (Å²) < 4.78 is 26.7. The molecule has 0 saturated heterocycles. The number of alkyl halides is 1. The highest BCUT2D eigenvalue weighted by Crippen LogP contribution is 2.43. The number of nitrogens with zero attached hydrogens (tertiary/aromatic N) is 3. The van der Waals surface area contributed by atoms with Gasteiger partial charge in [-0.05, 0) is 12.1 Å². The molecule has 2 heterocycles. The molecule has 0 N–H and O–H groups in total. The largest absolute Gasteiger partial charge is 0.327 e. The van der Waals surface area contributed by atoms with E-state index in [2.05, 4.69) is 18.8 Å². The minimum Gasteiger partial charge on any atom is -0.327 e. The van der Waals surface area contributed by atoms with Crippen molar-refractivity contribution in [2.45, 2.75) is 19.5 Å². The Morgan fingerprint density at radius 1 is 1.29 bits per heavy atom. The zero-order chi connectivity index (χ0) is 15.4. The highest BCUT2D eigenvalue weighted by molar-refractivity contribution is 6.21. The Labute approximate surface area is 127 Å². The summed E-state index contributed by atoms with van der Waals surface area (Å²) >= 11 is 6.17. The van der Waals surface area contributed by atoms with Gasteiger partial charge in [0.25, 0.3) is 0 Å². The molecule has 1 unspecified atom stereocenters. The Hall–Kier alpha value is -1.62. The molecule has 2 aliphatic rings. The van der Waals surface area contributed by atoms with Crippen LogP contribution in [-0.2, 0) is 0 Å². The second-order valence-corrected chi connectivity index (χ2v) is 6.40. The normalized spacial score (nSPS) is 23.8. The number of halogens is 3. The quantitative estimate of drug-likeness (QED) is 0.583. The van der Waals surface area contributed by atoms with E-state index in [-0.39, 0.29) is 5.41 Å². The minimum atomic E-state index is -0.853. The lowest BCUT2D eigenvalue weighted by molar-refractivity contribution is 0.381. The molecule has 1 atom stereocenters. The molecular formula is C15H16ClF2N3. The molecule has 6 heteroatoms. The zero-order valence-corrected chi connectivity index (χ0v) is 12.8. The Bertz CT molecular complexity index is 654. The van der Waals surface area contributed by atoms with E-state index >= 15 is 0 Å². The summed E-state index contributed by atoms with van der Waals surface area (Å²) in [4.78, 5) is 8.05. The van der Waals surface area contributed by atoms with Gasteiger partial charge in [0.1, 0.15) is 5.82 Å². The first-order chi connectivity index (χ1) is 9.81. The fourth-order valence-corrected chi connectivity index (χ4v) is 2.97. The third kappa shape index (κ3) is 2.20. The number of benzene rings is 1. The van der Waals surface area contributed by atoms with Crippen LogP contribution in [0.4, 0.5) is 14.5 Å². The first-order valence-electron chi connectivity index (χ1n) is 6.69. The predicted molar refractivity (Wildman–Crippen MR) is 80.4 cm³/mol. The van der Waals surface area contributed by atoms with Crippen LogP contribution < -0.4 is 4.90 Å². The van der Waals surface area contributed by atoms with Crippen molar-refractivity contribution in [2.75, 3.05) is 18.5 Å². The van der Waals surface area contributed by atoms with Gasteiger partial charge in [0, 0.05) is 42.5 Å². The lowest BCUT2D eigenvalue weighted by Crippen LogP contribution is -2.36. The summed E-state index contributed by atoms with van der Waals surface area (Å²) in [5, 5.41) is 0. The van der Waals surface area contributed by atoms with Crippen molar-refractivity contribution in [3.63, 3.8) is 0 Å². The van der Waals surface area contributed by atoms with Gasteiger partial charge in [0.15, 0.2) is 17.3 Å². The number of aliphatic imine (C=N–C) groups is 1. The van der Waals surface area contributed by atoms with Crippen molar-refractivity contribution in [1.29, 1.82) is 0 Å². The maximum Gasteiger partial charge on any atom is 0.198 e. The lowest BCUT2D eigenvalue weighted by Gasteiger charge is -2.33. The van der Waals surface area contributed by atoms with Gasteiger partial charge >= 0.3 is 0 Å². The molecule has 0 aliphatic carbocycles. The van der Waals surface area contributed by atoms with E-state index in [1.54, 1.807) is 12.3 Å². The van der Waals surface area contributed by atoms with Crippen molar-refractivity contribution in [3.05, 3.63) is 41.2 Å². The fraction of sp³-hybridized carbons (Fsp3) is 0.400. The number of rotatable bonds is 1. The van der Waals surface area contributed by atoms with Crippen LogP contribution in [0.2, 0.25) is 0 Å². The van der Waals surface area contributed by atoms with Gasteiger partial charge in [-0.1, -0.05) is 25.4 Å². The molecule has 0 bridgehead atoms. The molecular weight excluding hydrogens is 296 g/mol. The summed E-state index contributed by atoms with van der Waals surface area (Å²) in [6.07, 6.45) is 1.78. The molecule has 0 saturated carbocycles. The Morgan fingerprint density at radius 3 is 2.67 bits per heavy atom. The summed E-state index contributed by atoms with van der Waals surface area (Å²) in [5.74, 6) is -0.810. The third-order valence-electron chi connectivity index (χ3n) is 3.97. The van der Waals surface area contributed by atoms with Crippen molar-refractivity contribution in [3.8, 4) is 0 Å². The van der Waals surface area contributed by atoms with Crippen LogP contribution in [-0.4, -0.2) is 30.3 Å². The average molecular weight is 312 g/mol. The SMILES string of the molecule is CN1C2=C(C=NC1Cl)C(C)(C)CN2c1ccc(F)c(F)c1. The first-order valence-corrected chi connectivity index (χ1v) is 7.12. The van der Waals surface area contributed by atoms with Crippen molar-refractivity contribution in [2.24, 2.45) is 10.4 Å². The van der Waals surface area contributed by atoms with Crippen LogP contribution >= 0.6 is 11.6 Å². The number of hydrogen-bond acceptors (Lipinski definition) is 3. The maximum absolute atomic E-state index is 13.5. The standard InChI is InChI=1S/C15H16ClF2N3/c1-15(2)8-21(9-4-5-11(17)12(18)6-9)13-10(15)7-19-14(16)20(13)3/h4-7,14H,8H2,1-3H3. The van der Waals surface area contributed by atoms with Gasteiger partial charge < -0.3 is 9.80 Å². The summed E-state index contributed by atoms with van der Waals surface area (Å²) in [5.41, 5.74) is 1.02. The Morgan fingerprint density at radius 2 is 2.00 bits per heavy atom. The van der Waals surface area contributed by atoms with Crippen LogP contribution in [0, 0.1) is 17.0 Å². The highest BCUT2D eigenvalue weighted by Gasteiger charge is 2.42. The van der Waals surface area contributed by atoms with Crippen LogP contribution in [0.3, 0.4) is 0 Å². The van der Waals surface area contributed by atoms with E-state index < -0.39 is 17.3 Å². The van der Waals surface area contributed by atoms with Crippen LogP contribution in [0.15, 0.2) is 34.6 Å². The average Bonchev–Trinajstić information content (AvgIpc) is 2.69.